The molecule has 0 aliphatic rings. The van der Waals surface area contributed by atoms with Crippen LogP contribution in [0.1, 0.15) is 32.8 Å². The summed E-state index contributed by atoms with van der Waals surface area (Å²) in [5, 5.41) is 14.7. The quantitative estimate of drug-likeness (QED) is 0.690. The van der Waals surface area contributed by atoms with Crippen LogP contribution in [0.15, 0.2) is 24.3 Å². The van der Waals surface area contributed by atoms with Crippen molar-refractivity contribution >= 4 is 11.7 Å². The van der Waals surface area contributed by atoms with Crippen LogP contribution in [0, 0.1) is 5.41 Å². The number of carbonyl (C=O) groups is 1. The minimum absolute atomic E-state index is 0.119. The molecule has 0 saturated carbocycles. The van der Waals surface area contributed by atoms with Crippen LogP contribution in [0.5, 0.6) is 0 Å². The molecule has 5 heteroatoms. The standard InChI is InChI=1S/C16H26N2O3/c1-4-21-11-13-7-5-6-8-14(13)18-15(20)17-12-16(2,3)9-10-19/h5-8,19H,4,9-12H2,1-3H3,(H2,17,18,20). The van der Waals surface area contributed by atoms with Crippen molar-refractivity contribution in [1.29, 1.82) is 0 Å². The molecule has 0 aliphatic carbocycles. The van der Waals surface area contributed by atoms with E-state index in [1.165, 1.54) is 0 Å². The Labute approximate surface area is 126 Å². The van der Waals surface area contributed by atoms with Crippen molar-refractivity contribution in [3.05, 3.63) is 29.8 Å². The minimum Gasteiger partial charge on any atom is -0.396 e. The SMILES string of the molecule is CCOCc1ccccc1NC(=O)NCC(C)(C)CCO. The number of amides is 2. The van der Waals surface area contributed by atoms with Gasteiger partial charge in [-0.3, -0.25) is 0 Å². The van der Waals surface area contributed by atoms with Gasteiger partial charge in [-0.25, -0.2) is 4.79 Å². The molecule has 0 bridgehead atoms. The van der Waals surface area contributed by atoms with E-state index >= 15 is 0 Å². The number of carbonyl (C=O) groups excluding carboxylic acids is 1. The largest absolute Gasteiger partial charge is 0.396 e. The monoisotopic (exact) mass is 294 g/mol. The molecule has 118 valence electrons. The van der Waals surface area contributed by atoms with Crippen LogP contribution in [0.25, 0.3) is 0 Å². The number of hydrogen-bond donors (Lipinski definition) is 3. The van der Waals surface area contributed by atoms with Crippen molar-refractivity contribution in [3.8, 4) is 0 Å². The molecule has 0 heterocycles. The van der Waals surface area contributed by atoms with E-state index < -0.39 is 0 Å². The van der Waals surface area contributed by atoms with Crippen LogP contribution in [0.3, 0.4) is 0 Å². The summed E-state index contributed by atoms with van der Waals surface area (Å²) >= 11 is 0. The smallest absolute Gasteiger partial charge is 0.319 e. The lowest BCUT2D eigenvalue weighted by Gasteiger charge is -2.24. The van der Waals surface area contributed by atoms with Gasteiger partial charge in [0.05, 0.1) is 6.61 Å². The molecule has 0 spiro atoms. The molecular weight excluding hydrogens is 268 g/mol. The van der Waals surface area contributed by atoms with Gasteiger partial charge in [-0.15, -0.1) is 0 Å². The summed E-state index contributed by atoms with van der Waals surface area (Å²) in [4.78, 5) is 12.0. The molecule has 0 aromatic heterocycles. The zero-order valence-electron chi connectivity index (χ0n) is 13.1. The van der Waals surface area contributed by atoms with E-state index in [2.05, 4.69) is 10.6 Å². The summed E-state index contributed by atoms with van der Waals surface area (Å²) in [5.41, 5.74) is 1.57. The summed E-state index contributed by atoms with van der Waals surface area (Å²) in [6.07, 6.45) is 0.647. The Morgan fingerprint density at radius 2 is 2.05 bits per heavy atom. The highest BCUT2D eigenvalue weighted by Gasteiger charge is 2.18. The molecule has 2 amide bonds. The van der Waals surface area contributed by atoms with Crippen LogP contribution in [0.4, 0.5) is 10.5 Å². The van der Waals surface area contributed by atoms with Gasteiger partial charge in [0.2, 0.25) is 0 Å². The second kappa shape index (κ2) is 8.64. The van der Waals surface area contributed by atoms with E-state index in [0.717, 1.165) is 11.3 Å². The third-order valence-corrected chi connectivity index (χ3v) is 3.24. The minimum atomic E-state index is -0.245. The number of anilines is 1. The molecule has 0 saturated heterocycles. The lowest BCUT2D eigenvalue weighted by molar-refractivity contribution is 0.134. The van der Waals surface area contributed by atoms with Gasteiger partial charge in [0.15, 0.2) is 0 Å². The fraction of sp³-hybridized carbons (Fsp3) is 0.562. The van der Waals surface area contributed by atoms with Crippen LogP contribution in [-0.2, 0) is 11.3 Å². The molecule has 3 N–H and O–H groups in total. The number of benzene rings is 1. The highest BCUT2D eigenvalue weighted by atomic mass is 16.5. The first-order valence-corrected chi connectivity index (χ1v) is 7.30. The van der Waals surface area contributed by atoms with Crippen molar-refractivity contribution in [2.75, 3.05) is 25.1 Å². The van der Waals surface area contributed by atoms with Gasteiger partial charge < -0.3 is 20.5 Å². The average molecular weight is 294 g/mol. The van der Waals surface area contributed by atoms with Crippen molar-refractivity contribution in [3.63, 3.8) is 0 Å². The van der Waals surface area contributed by atoms with Crippen molar-refractivity contribution in [2.45, 2.75) is 33.8 Å². The van der Waals surface area contributed by atoms with Crippen LogP contribution in [-0.4, -0.2) is 30.9 Å². The molecule has 0 atom stereocenters. The van der Waals surface area contributed by atoms with Gasteiger partial charge in [-0.05, 0) is 24.8 Å². The van der Waals surface area contributed by atoms with Crippen molar-refractivity contribution in [2.24, 2.45) is 5.41 Å². The predicted octanol–water partition coefficient (Wildman–Crippen LogP) is 2.75. The molecule has 0 aliphatic heterocycles. The van der Waals surface area contributed by atoms with E-state index in [0.29, 0.717) is 26.2 Å². The summed E-state index contributed by atoms with van der Waals surface area (Å²) in [6.45, 7) is 7.68. The molecule has 0 radical (unpaired) electrons. The fourth-order valence-electron chi connectivity index (χ4n) is 1.86. The number of aliphatic hydroxyl groups is 1. The maximum absolute atomic E-state index is 12.0. The van der Waals surface area contributed by atoms with E-state index in [1.54, 1.807) is 0 Å². The number of rotatable bonds is 8. The Morgan fingerprint density at radius 1 is 1.33 bits per heavy atom. The Hall–Kier alpha value is -1.59. The highest BCUT2D eigenvalue weighted by Crippen LogP contribution is 2.19. The maximum Gasteiger partial charge on any atom is 0.319 e. The Balaban J connectivity index is 2.55. The summed E-state index contributed by atoms with van der Waals surface area (Å²) in [5.74, 6) is 0. The van der Waals surface area contributed by atoms with Crippen molar-refractivity contribution < 1.29 is 14.6 Å². The zero-order chi connectivity index (χ0) is 15.7. The number of para-hydroxylation sites is 1. The predicted molar refractivity (Wildman–Crippen MR) is 84.3 cm³/mol. The Bertz CT molecular complexity index is 447. The summed E-state index contributed by atoms with van der Waals surface area (Å²) in [6, 6.07) is 7.33. The Kier molecular flexibility index (Phi) is 7.19. The van der Waals surface area contributed by atoms with Gasteiger partial charge in [-0.1, -0.05) is 32.0 Å². The molecular formula is C16H26N2O3. The third kappa shape index (κ3) is 6.60. The first-order valence-electron chi connectivity index (χ1n) is 7.30. The molecule has 1 aromatic carbocycles. The average Bonchev–Trinajstić information content (AvgIpc) is 2.44. The first-order chi connectivity index (χ1) is 9.98. The second-order valence-electron chi connectivity index (χ2n) is 5.74. The summed E-state index contributed by atoms with van der Waals surface area (Å²) < 4.78 is 5.39. The van der Waals surface area contributed by atoms with Gasteiger partial charge in [0.25, 0.3) is 0 Å². The Morgan fingerprint density at radius 3 is 2.71 bits per heavy atom. The number of nitrogens with one attached hydrogen (secondary N) is 2. The van der Waals surface area contributed by atoms with Crippen LogP contribution < -0.4 is 10.6 Å². The van der Waals surface area contributed by atoms with Gasteiger partial charge in [0.1, 0.15) is 0 Å². The zero-order valence-corrected chi connectivity index (χ0v) is 13.1. The number of ether oxygens (including phenoxy) is 1. The molecule has 0 fully saturated rings. The molecule has 1 rings (SSSR count). The third-order valence-electron chi connectivity index (χ3n) is 3.24. The van der Waals surface area contributed by atoms with Crippen LogP contribution in [0.2, 0.25) is 0 Å². The van der Waals surface area contributed by atoms with Crippen LogP contribution >= 0.6 is 0 Å². The number of urea groups is 1. The lowest BCUT2D eigenvalue weighted by Crippen LogP contribution is -2.37. The topological polar surface area (TPSA) is 70.6 Å². The van der Waals surface area contributed by atoms with Gasteiger partial charge in [-0.2, -0.15) is 0 Å². The first kappa shape index (κ1) is 17.5. The van der Waals surface area contributed by atoms with Crippen molar-refractivity contribution in [1.82, 2.24) is 5.32 Å². The van der Waals surface area contributed by atoms with E-state index in [-0.39, 0.29) is 18.1 Å². The van der Waals surface area contributed by atoms with E-state index in [1.807, 2.05) is 45.0 Å². The lowest BCUT2D eigenvalue weighted by atomic mass is 9.90. The molecule has 0 unspecified atom stereocenters. The second-order valence-corrected chi connectivity index (χ2v) is 5.74. The number of aliphatic hydroxyl groups excluding tert-OH is 1. The molecule has 5 nitrogen and oxygen atoms in total. The number of hydrogen-bond acceptors (Lipinski definition) is 3. The highest BCUT2D eigenvalue weighted by molar-refractivity contribution is 5.90. The fourth-order valence-corrected chi connectivity index (χ4v) is 1.86. The molecule has 21 heavy (non-hydrogen) atoms. The van der Waals surface area contributed by atoms with Gasteiger partial charge in [0, 0.05) is 31.0 Å². The van der Waals surface area contributed by atoms with E-state index in [4.69, 9.17) is 9.84 Å². The normalized spacial score (nSPS) is 11.2. The molecule has 1 aromatic rings. The van der Waals surface area contributed by atoms with Gasteiger partial charge >= 0.3 is 6.03 Å². The summed E-state index contributed by atoms with van der Waals surface area (Å²) in [7, 11) is 0. The maximum atomic E-state index is 12.0. The van der Waals surface area contributed by atoms with E-state index in [9.17, 15) is 4.79 Å².